The van der Waals surface area contributed by atoms with E-state index in [0.29, 0.717) is 12.5 Å². The minimum atomic E-state index is 0.277. The summed E-state index contributed by atoms with van der Waals surface area (Å²) in [6, 6.07) is 16.7. The van der Waals surface area contributed by atoms with Crippen molar-refractivity contribution >= 4 is 11.6 Å². The molecule has 0 spiro atoms. The third-order valence-electron chi connectivity index (χ3n) is 6.41. The zero-order chi connectivity index (χ0) is 22.1. The molecule has 1 amide bonds. The number of anilines is 1. The molecule has 2 aromatic carbocycles. The van der Waals surface area contributed by atoms with E-state index in [9.17, 15) is 4.79 Å². The van der Waals surface area contributed by atoms with E-state index < -0.39 is 0 Å². The Hall–Kier alpha value is -2.49. The number of ether oxygens (including phenoxy) is 1. The molecule has 0 saturated heterocycles. The lowest BCUT2D eigenvalue weighted by atomic mass is 9.94. The minimum absolute atomic E-state index is 0.277. The molecule has 1 saturated carbocycles. The van der Waals surface area contributed by atoms with Crippen molar-refractivity contribution in [1.82, 2.24) is 4.90 Å². The van der Waals surface area contributed by atoms with Crippen LogP contribution in [-0.2, 0) is 4.79 Å². The van der Waals surface area contributed by atoms with E-state index in [0.717, 1.165) is 49.3 Å². The van der Waals surface area contributed by atoms with Crippen LogP contribution in [0.5, 0.6) is 11.5 Å². The van der Waals surface area contributed by atoms with E-state index in [2.05, 4.69) is 31.3 Å². The number of amides is 1. The lowest BCUT2D eigenvalue weighted by Gasteiger charge is -2.32. The van der Waals surface area contributed by atoms with Crippen molar-refractivity contribution in [3.63, 3.8) is 0 Å². The van der Waals surface area contributed by atoms with E-state index in [4.69, 9.17) is 4.74 Å². The van der Waals surface area contributed by atoms with E-state index in [1.54, 1.807) is 0 Å². The summed E-state index contributed by atoms with van der Waals surface area (Å²) >= 11 is 0. The zero-order valence-corrected chi connectivity index (χ0v) is 19.4. The minimum Gasteiger partial charge on any atom is -0.457 e. The second-order valence-electron chi connectivity index (χ2n) is 8.86. The van der Waals surface area contributed by atoms with Gasteiger partial charge < -0.3 is 15.0 Å². The average Bonchev–Trinajstić information content (AvgIpc) is 2.80. The van der Waals surface area contributed by atoms with E-state index >= 15 is 0 Å². The summed E-state index contributed by atoms with van der Waals surface area (Å²) in [5, 5.41) is 3.70. The van der Waals surface area contributed by atoms with Gasteiger partial charge in [-0.3, -0.25) is 4.79 Å². The number of nitrogens with zero attached hydrogens (tertiary/aromatic N) is 1. The summed E-state index contributed by atoms with van der Waals surface area (Å²) in [4.78, 5) is 14.8. The Kier molecular flexibility index (Phi) is 8.81. The Labute approximate surface area is 188 Å². The van der Waals surface area contributed by atoms with Gasteiger partial charge in [-0.15, -0.1) is 0 Å². The summed E-state index contributed by atoms with van der Waals surface area (Å²) < 4.78 is 6.01. The molecule has 1 fully saturated rings. The first kappa shape index (κ1) is 23.2. The van der Waals surface area contributed by atoms with E-state index in [-0.39, 0.29) is 11.9 Å². The maximum atomic E-state index is 12.8. The highest BCUT2D eigenvalue weighted by Gasteiger charge is 2.22. The number of para-hydroxylation sites is 1. The Morgan fingerprint density at radius 1 is 1.06 bits per heavy atom. The third-order valence-corrected chi connectivity index (χ3v) is 6.41. The summed E-state index contributed by atoms with van der Waals surface area (Å²) in [6.07, 6.45) is 9.72. The van der Waals surface area contributed by atoms with Crippen molar-refractivity contribution in [1.29, 1.82) is 0 Å². The van der Waals surface area contributed by atoms with Gasteiger partial charge in [-0.1, -0.05) is 56.9 Å². The summed E-state index contributed by atoms with van der Waals surface area (Å²) in [5.41, 5.74) is 2.27. The predicted octanol–water partition coefficient (Wildman–Crippen LogP) is 6.94. The first-order valence-electron chi connectivity index (χ1n) is 11.9. The molecule has 1 aliphatic rings. The van der Waals surface area contributed by atoms with Gasteiger partial charge in [0.05, 0.1) is 0 Å². The van der Waals surface area contributed by atoms with Gasteiger partial charge in [-0.2, -0.15) is 0 Å². The fourth-order valence-electron chi connectivity index (χ4n) is 4.45. The highest BCUT2D eigenvalue weighted by Crippen LogP contribution is 2.28. The number of carbonyl (C=O) groups is 1. The first-order chi connectivity index (χ1) is 15.1. The van der Waals surface area contributed by atoms with Crippen LogP contribution in [-0.4, -0.2) is 29.9 Å². The van der Waals surface area contributed by atoms with Crippen molar-refractivity contribution in [3.05, 3.63) is 54.1 Å². The molecule has 0 bridgehead atoms. The fraction of sp³-hybridized carbons (Fsp3) is 0.519. The topological polar surface area (TPSA) is 41.6 Å². The Morgan fingerprint density at radius 3 is 2.52 bits per heavy atom. The number of aryl methyl sites for hydroxylation is 1. The molecule has 4 nitrogen and oxygen atoms in total. The molecule has 1 aliphatic carbocycles. The molecule has 1 atom stereocenters. The quantitative estimate of drug-likeness (QED) is 0.451. The Morgan fingerprint density at radius 2 is 1.81 bits per heavy atom. The van der Waals surface area contributed by atoms with Crippen molar-refractivity contribution in [2.75, 3.05) is 12.4 Å². The molecule has 4 heteroatoms. The van der Waals surface area contributed by atoms with Crippen LogP contribution < -0.4 is 10.1 Å². The second-order valence-corrected chi connectivity index (χ2v) is 8.86. The molecule has 0 aromatic heterocycles. The van der Waals surface area contributed by atoms with Gasteiger partial charge in [0, 0.05) is 37.3 Å². The largest absolute Gasteiger partial charge is 0.457 e. The summed E-state index contributed by atoms with van der Waals surface area (Å²) in [7, 11) is 2.00. The maximum Gasteiger partial charge on any atom is 0.222 e. The van der Waals surface area contributed by atoms with Gasteiger partial charge in [0.25, 0.3) is 0 Å². The average molecular weight is 423 g/mol. The zero-order valence-electron chi connectivity index (χ0n) is 19.4. The molecule has 0 heterocycles. The molecular weight excluding hydrogens is 384 g/mol. The number of hydrogen-bond donors (Lipinski definition) is 1. The van der Waals surface area contributed by atoms with Crippen LogP contribution in [0.25, 0.3) is 0 Å². The van der Waals surface area contributed by atoms with E-state index in [1.807, 2.05) is 48.3 Å². The Balaban J connectivity index is 1.59. The van der Waals surface area contributed by atoms with Gasteiger partial charge in [0.2, 0.25) is 5.91 Å². The molecule has 1 N–H and O–H groups in total. The number of benzene rings is 2. The van der Waals surface area contributed by atoms with Crippen LogP contribution in [0.3, 0.4) is 0 Å². The van der Waals surface area contributed by atoms with Crippen LogP contribution in [0.1, 0.15) is 70.3 Å². The third kappa shape index (κ3) is 7.02. The van der Waals surface area contributed by atoms with Crippen molar-refractivity contribution in [2.24, 2.45) is 0 Å². The smallest absolute Gasteiger partial charge is 0.222 e. The molecule has 31 heavy (non-hydrogen) atoms. The van der Waals surface area contributed by atoms with Crippen LogP contribution >= 0.6 is 0 Å². The number of rotatable bonds is 10. The monoisotopic (exact) mass is 422 g/mol. The second kappa shape index (κ2) is 11.8. The van der Waals surface area contributed by atoms with Gasteiger partial charge >= 0.3 is 0 Å². The SMILES string of the molecule is CCCC(CCC(=O)N(C)C1CCCCC1)Nc1cc(Oc2ccccc2)ccc1C. The molecule has 168 valence electrons. The fourth-order valence-corrected chi connectivity index (χ4v) is 4.45. The number of hydrogen-bond acceptors (Lipinski definition) is 3. The summed E-state index contributed by atoms with van der Waals surface area (Å²) in [6.45, 7) is 4.31. The molecule has 0 radical (unpaired) electrons. The lowest BCUT2D eigenvalue weighted by Crippen LogP contribution is -2.38. The molecule has 0 aliphatic heterocycles. The van der Waals surface area contributed by atoms with E-state index in [1.165, 1.54) is 24.8 Å². The number of carbonyl (C=O) groups excluding carboxylic acids is 1. The van der Waals surface area contributed by atoms with Crippen LogP contribution in [0.4, 0.5) is 5.69 Å². The van der Waals surface area contributed by atoms with Crippen molar-refractivity contribution in [3.8, 4) is 11.5 Å². The first-order valence-corrected chi connectivity index (χ1v) is 11.9. The lowest BCUT2D eigenvalue weighted by molar-refractivity contribution is -0.132. The molecular formula is C27H38N2O2. The normalized spacial score (nSPS) is 15.3. The summed E-state index contributed by atoms with van der Waals surface area (Å²) in [5.74, 6) is 1.94. The number of nitrogens with one attached hydrogen (secondary N) is 1. The van der Waals surface area contributed by atoms with Crippen molar-refractivity contribution in [2.45, 2.75) is 83.7 Å². The van der Waals surface area contributed by atoms with Crippen molar-refractivity contribution < 1.29 is 9.53 Å². The van der Waals surface area contributed by atoms with Gasteiger partial charge in [0.1, 0.15) is 11.5 Å². The standard InChI is InChI=1S/C27H38N2O2/c1-4-11-22(17-19-27(30)29(3)23-12-7-5-8-13-23)28-26-20-25(18-16-21(26)2)31-24-14-9-6-10-15-24/h6,9-10,14-16,18,20,22-23,28H,4-5,7-8,11-13,17,19H2,1-3H3. The van der Waals surface area contributed by atoms with Crippen LogP contribution in [0.15, 0.2) is 48.5 Å². The molecule has 2 aromatic rings. The van der Waals surface area contributed by atoms with Gasteiger partial charge in [-0.05, 0) is 56.4 Å². The predicted molar refractivity (Wildman–Crippen MR) is 129 cm³/mol. The molecule has 3 rings (SSSR count). The van der Waals surface area contributed by atoms with Crippen LogP contribution in [0, 0.1) is 6.92 Å². The maximum absolute atomic E-state index is 12.8. The van der Waals surface area contributed by atoms with Gasteiger partial charge in [-0.25, -0.2) is 0 Å². The van der Waals surface area contributed by atoms with Crippen LogP contribution in [0.2, 0.25) is 0 Å². The Bertz CT molecular complexity index is 815. The highest BCUT2D eigenvalue weighted by molar-refractivity contribution is 5.76. The van der Waals surface area contributed by atoms with Gasteiger partial charge in [0.15, 0.2) is 0 Å². The highest BCUT2D eigenvalue weighted by atomic mass is 16.5. The molecule has 1 unspecified atom stereocenters.